The van der Waals surface area contributed by atoms with Crippen molar-refractivity contribution in [3.8, 4) is 0 Å². The number of amides is 2. The van der Waals surface area contributed by atoms with E-state index >= 15 is 0 Å². The third-order valence-electron chi connectivity index (χ3n) is 4.12. The quantitative estimate of drug-likeness (QED) is 0.857. The lowest BCUT2D eigenvalue weighted by Gasteiger charge is -2.33. The van der Waals surface area contributed by atoms with Crippen molar-refractivity contribution >= 4 is 12.0 Å². The Hall–Kier alpha value is -2.15. The normalized spacial score (nSPS) is 16.9. The summed E-state index contributed by atoms with van der Waals surface area (Å²) in [4.78, 5) is 26.7. The van der Waals surface area contributed by atoms with Gasteiger partial charge in [-0.25, -0.2) is 9.18 Å². The van der Waals surface area contributed by atoms with Crippen LogP contribution in [0.15, 0.2) is 24.3 Å². The molecule has 1 heterocycles. The highest BCUT2D eigenvalue weighted by Crippen LogP contribution is 2.15. The number of nitrogens with zero attached hydrogens (tertiary/aromatic N) is 1. The maximum Gasteiger partial charge on any atom is 0.408 e. The molecule has 0 spiro atoms. The summed E-state index contributed by atoms with van der Waals surface area (Å²) in [5.41, 5.74) is 0.0563. The van der Waals surface area contributed by atoms with Crippen molar-refractivity contribution in [2.75, 3.05) is 13.1 Å². The van der Waals surface area contributed by atoms with Crippen LogP contribution in [0.1, 0.15) is 39.2 Å². The Balaban J connectivity index is 2.10. The van der Waals surface area contributed by atoms with Crippen LogP contribution in [-0.4, -0.2) is 52.8 Å². The molecular weight excluding hydrogens is 339 g/mol. The molecule has 144 valence electrons. The summed E-state index contributed by atoms with van der Waals surface area (Å²) in [5.74, 6) is -0.589. The highest BCUT2D eigenvalue weighted by molar-refractivity contribution is 5.86. The number of benzene rings is 1. The Kier molecular flexibility index (Phi) is 6.58. The average molecular weight is 366 g/mol. The number of piperidine rings is 1. The first kappa shape index (κ1) is 20.2. The molecule has 2 N–H and O–H groups in total. The lowest BCUT2D eigenvalue weighted by Crippen LogP contribution is -2.52. The van der Waals surface area contributed by atoms with Crippen LogP contribution in [0, 0.1) is 5.82 Å². The molecule has 2 rings (SSSR count). The maximum atomic E-state index is 13.1. The number of hydrogen-bond donors (Lipinski definition) is 2. The summed E-state index contributed by atoms with van der Waals surface area (Å²) in [6, 6.07) is 5.01. The minimum absolute atomic E-state index is 0.230. The van der Waals surface area contributed by atoms with Gasteiger partial charge in [0.1, 0.15) is 17.5 Å². The van der Waals surface area contributed by atoms with E-state index in [4.69, 9.17) is 4.74 Å². The largest absolute Gasteiger partial charge is 0.444 e. The molecule has 1 fully saturated rings. The minimum Gasteiger partial charge on any atom is -0.444 e. The van der Waals surface area contributed by atoms with Crippen molar-refractivity contribution < 1.29 is 23.8 Å². The summed E-state index contributed by atoms with van der Waals surface area (Å²) in [5, 5.41) is 12.3. The number of aliphatic hydroxyl groups excluding tert-OH is 1. The van der Waals surface area contributed by atoms with Gasteiger partial charge in [0.25, 0.3) is 0 Å². The second kappa shape index (κ2) is 8.49. The standard InChI is InChI=1S/C19H27FN2O4/c1-19(2,3)26-18(25)21-16(12-13-4-6-14(20)7-5-13)17(24)22-10-8-15(23)9-11-22/h4-7,15-16,23H,8-12H2,1-3H3,(H,21,25). The molecule has 1 aliphatic heterocycles. The predicted molar refractivity (Wildman–Crippen MR) is 95.1 cm³/mol. The lowest BCUT2D eigenvalue weighted by atomic mass is 10.0. The van der Waals surface area contributed by atoms with Crippen LogP contribution >= 0.6 is 0 Å². The molecule has 7 heteroatoms. The van der Waals surface area contributed by atoms with E-state index in [1.807, 2.05) is 0 Å². The third-order valence-corrected chi connectivity index (χ3v) is 4.12. The lowest BCUT2D eigenvalue weighted by molar-refractivity contribution is -0.135. The van der Waals surface area contributed by atoms with Gasteiger partial charge in [-0.05, 0) is 51.3 Å². The number of ether oxygens (including phenoxy) is 1. The highest BCUT2D eigenvalue weighted by Gasteiger charge is 2.30. The molecule has 0 radical (unpaired) electrons. The van der Waals surface area contributed by atoms with Gasteiger partial charge in [0.15, 0.2) is 0 Å². The van der Waals surface area contributed by atoms with E-state index in [-0.39, 0.29) is 18.1 Å². The van der Waals surface area contributed by atoms with Crippen LogP contribution in [0.4, 0.5) is 9.18 Å². The zero-order valence-electron chi connectivity index (χ0n) is 15.5. The summed E-state index contributed by atoms with van der Waals surface area (Å²) >= 11 is 0. The highest BCUT2D eigenvalue weighted by atomic mass is 19.1. The number of halogens is 1. The van der Waals surface area contributed by atoms with Crippen LogP contribution in [-0.2, 0) is 16.0 Å². The summed E-state index contributed by atoms with van der Waals surface area (Å²) in [6.07, 6.45) is 0.198. The first-order valence-corrected chi connectivity index (χ1v) is 8.85. The van der Waals surface area contributed by atoms with E-state index in [1.165, 1.54) is 12.1 Å². The fraction of sp³-hybridized carbons (Fsp3) is 0.579. The number of alkyl carbamates (subject to hydrolysis) is 1. The molecule has 6 nitrogen and oxygen atoms in total. The molecule has 1 aromatic carbocycles. The van der Waals surface area contributed by atoms with E-state index in [2.05, 4.69) is 5.32 Å². The second-order valence-electron chi connectivity index (χ2n) is 7.59. The number of nitrogens with one attached hydrogen (secondary N) is 1. The molecule has 0 bridgehead atoms. The Labute approximate surface area is 153 Å². The van der Waals surface area contributed by atoms with Gasteiger partial charge in [-0.1, -0.05) is 12.1 Å². The van der Waals surface area contributed by atoms with Crippen LogP contribution in [0.3, 0.4) is 0 Å². The zero-order chi connectivity index (χ0) is 19.3. The monoisotopic (exact) mass is 366 g/mol. The maximum absolute atomic E-state index is 13.1. The van der Waals surface area contributed by atoms with Crippen LogP contribution < -0.4 is 5.32 Å². The van der Waals surface area contributed by atoms with Crippen molar-refractivity contribution in [2.24, 2.45) is 0 Å². The fourth-order valence-electron chi connectivity index (χ4n) is 2.81. The summed E-state index contributed by atoms with van der Waals surface area (Å²) in [6.45, 7) is 6.12. The first-order chi connectivity index (χ1) is 12.1. The van der Waals surface area contributed by atoms with Crippen molar-refractivity contribution in [3.05, 3.63) is 35.6 Å². The zero-order valence-corrected chi connectivity index (χ0v) is 15.5. The van der Waals surface area contributed by atoms with Gasteiger partial charge in [0.2, 0.25) is 5.91 Å². The first-order valence-electron chi connectivity index (χ1n) is 8.85. The molecule has 1 atom stereocenters. The van der Waals surface area contributed by atoms with Gasteiger partial charge in [0.05, 0.1) is 6.10 Å². The van der Waals surface area contributed by atoms with Crippen LogP contribution in [0.5, 0.6) is 0 Å². The number of likely N-dealkylation sites (tertiary alicyclic amines) is 1. The molecule has 1 saturated heterocycles. The van der Waals surface area contributed by atoms with Crippen molar-refractivity contribution in [1.29, 1.82) is 0 Å². The third kappa shape index (κ3) is 6.29. The Morgan fingerprint density at radius 1 is 1.27 bits per heavy atom. The molecule has 1 aliphatic rings. The number of carbonyl (C=O) groups is 2. The van der Waals surface area contributed by atoms with E-state index < -0.39 is 23.8 Å². The molecule has 26 heavy (non-hydrogen) atoms. The predicted octanol–water partition coefficient (Wildman–Crippen LogP) is 2.24. The fourth-order valence-corrected chi connectivity index (χ4v) is 2.81. The van der Waals surface area contributed by atoms with Crippen molar-refractivity contribution in [2.45, 2.75) is 57.8 Å². The van der Waals surface area contributed by atoms with Crippen molar-refractivity contribution in [1.82, 2.24) is 10.2 Å². The number of hydrogen-bond acceptors (Lipinski definition) is 4. The van der Waals surface area contributed by atoms with Crippen LogP contribution in [0.2, 0.25) is 0 Å². The number of carbonyl (C=O) groups excluding carboxylic acids is 2. The van der Waals surface area contributed by atoms with E-state index in [1.54, 1.807) is 37.8 Å². The van der Waals surface area contributed by atoms with Gasteiger partial charge in [-0.15, -0.1) is 0 Å². The topological polar surface area (TPSA) is 78.9 Å². The second-order valence-corrected chi connectivity index (χ2v) is 7.59. The minimum atomic E-state index is -0.814. The molecule has 2 amide bonds. The smallest absolute Gasteiger partial charge is 0.408 e. The average Bonchev–Trinajstić information content (AvgIpc) is 2.54. The number of rotatable bonds is 4. The van der Waals surface area contributed by atoms with Crippen LogP contribution in [0.25, 0.3) is 0 Å². The van der Waals surface area contributed by atoms with Gasteiger partial charge in [-0.3, -0.25) is 4.79 Å². The molecular formula is C19H27FN2O4. The molecule has 0 saturated carbocycles. The van der Waals surface area contributed by atoms with Gasteiger partial charge in [0, 0.05) is 19.5 Å². The molecule has 0 aromatic heterocycles. The SMILES string of the molecule is CC(C)(C)OC(=O)NC(Cc1ccc(F)cc1)C(=O)N1CCC(O)CC1. The van der Waals surface area contributed by atoms with E-state index in [0.717, 1.165) is 5.56 Å². The Morgan fingerprint density at radius 3 is 2.38 bits per heavy atom. The Bertz CT molecular complexity index is 619. The van der Waals surface area contributed by atoms with Crippen molar-refractivity contribution in [3.63, 3.8) is 0 Å². The number of aliphatic hydroxyl groups is 1. The van der Waals surface area contributed by atoms with Gasteiger partial charge >= 0.3 is 6.09 Å². The molecule has 1 unspecified atom stereocenters. The van der Waals surface area contributed by atoms with Gasteiger partial charge in [-0.2, -0.15) is 0 Å². The Morgan fingerprint density at radius 2 is 1.85 bits per heavy atom. The summed E-state index contributed by atoms with van der Waals surface area (Å²) < 4.78 is 18.4. The van der Waals surface area contributed by atoms with E-state index in [9.17, 15) is 19.1 Å². The van der Waals surface area contributed by atoms with Gasteiger partial charge < -0.3 is 20.1 Å². The summed E-state index contributed by atoms with van der Waals surface area (Å²) in [7, 11) is 0. The molecule has 0 aliphatic carbocycles. The molecule has 1 aromatic rings. The van der Waals surface area contributed by atoms with E-state index in [0.29, 0.717) is 25.9 Å².